The van der Waals surface area contributed by atoms with E-state index in [0.29, 0.717) is 11.1 Å². The van der Waals surface area contributed by atoms with Gasteiger partial charge in [0, 0.05) is 50.4 Å². The van der Waals surface area contributed by atoms with E-state index in [0.717, 1.165) is 58.7 Å². The topological polar surface area (TPSA) is 43.9 Å². The Morgan fingerprint density at radius 1 is 0.960 bits per heavy atom. The average Bonchev–Trinajstić information content (AvgIpc) is 2.67. The third-order valence-corrected chi connectivity index (χ3v) is 4.74. The summed E-state index contributed by atoms with van der Waals surface area (Å²) in [5.41, 5.74) is 1.23. The second-order valence-electron chi connectivity index (χ2n) is 6.60. The van der Waals surface area contributed by atoms with Crippen LogP contribution in [0.3, 0.4) is 0 Å². The van der Waals surface area contributed by atoms with Crippen LogP contribution in [-0.4, -0.2) is 72.3 Å². The maximum Gasteiger partial charge on any atom is 0.253 e. The molecule has 25 heavy (non-hydrogen) atoms. The maximum absolute atomic E-state index is 12.8. The normalized spacial score (nSPS) is 15.2. The molecule has 1 aliphatic rings. The van der Waals surface area contributed by atoms with E-state index in [1.165, 1.54) is 0 Å². The van der Waals surface area contributed by atoms with E-state index < -0.39 is 0 Å². The van der Waals surface area contributed by atoms with E-state index in [4.69, 9.17) is 0 Å². The van der Waals surface area contributed by atoms with Gasteiger partial charge in [-0.1, -0.05) is 26.8 Å². The minimum Gasteiger partial charge on any atom is -0.339 e. The predicted octanol–water partition coefficient (Wildman–Crippen LogP) is 2.73. The summed E-state index contributed by atoms with van der Waals surface area (Å²) in [5.74, 6) is 0.0529. The van der Waals surface area contributed by atoms with Crippen molar-refractivity contribution in [3.63, 3.8) is 0 Å². The summed E-state index contributed by atoms with van der Waals surface area (Å²) in [6.07, 6.45) is 1.87. The van der Waals surface area contributed by atoms with Crippen molar-refractivity contribution in [2.45, 2.75) is 33.6 Å². The minimum atomic E-state index is 0.0224. The van der Waals surface area contributed by atoms with Crippen molar-refractivity contribution in [1.82, 2.24) is 14.7 Å². The van der Waals surface area contributed by atoms with Crippen molar-refractivity contribution in [3.05, 3.63) is 35.4 Å². The Hall–Kier alpha value is -1.88. The Morgan fingerprint density at radius 2 is 1.56 bits per heavy atom. The van der Waals surface area contributed by atoms with Crippen LogP contribution in [0.2, 0.25) is 0 Å². The molecule has 5 heteroatoms. The molecule has 1 aromatic carbocycles. The van der Waals surface area contributed by atoms with Gasteiger partial charge in [0.05, 0.1) is 0 Å². The highest BCUT2D eigenvalue weighted by Crippen LogP contribution is 2.13. The van der Waals surface area contributed by atoms with Crippen LogP contribution in [0.4, 0.5) is 0 Å². The van der Waals surface area contributed by atoms with Crippen LogP contribution >= 0.6 is 0 Å². The van der Waals surface area contributed by atoms with Gasteiger partial charge in [-0.15, -0.1) is 0 Å². The van der Waals surface area contributed by atoms with Crippen LogP contribution in [0, 0.1) is 0 Å². The number of likely N-dealkylation sites (N-methyl/N-ethyl adjacent to an activating group) is 1. The molecular weight excluding hydrogens is 314 g/mol. The van der Waals surface area contributed by atoms with Gasteiger partial charge in [0.1, 0.15) is 0 Å². The quantitative estimate of drug-likeness (QED) is 0.763. The van der Waals surface area contributed by atoms with Gasteiger partial charge in [-0.2, -0.15) is 0 Å². The second kappa shape index (κ2) is 9.56. The van der Waals surface area contributed by atoms with Gasteiger partial charge in [0.15, 0.2) is 0 Å². The first-order valence-corrected chi connectivity index (χ1v) is 9.51. The molecule has 2 amide bonds. The number of nitrogens with zero attached hydrogens (tertiary/aromatic N) is 3. The number of piperazine rings is 1. The number of hydrogen-bond donors (Lipinski definition) is 0. The predicted molar refractivity (Wildman–Crippen MR) is 101 cm³/mol. The molecule has 1 saturated heterocycles. The van der Waals surface area contributed by atoms with Gasteiger partial charge < -0.3 is 14.7 Å². The van der Waals surface area contributed by atoms with E-state index >= 15 is 0 Å². The summed E-state index contributed by atoms with van der Waals surface area (Å²) in [6.45, 7) is 12.2. The van der Waals surface area contributed by atoms with E-state index in [1.54, 1.807) is 6.07 Å². The molecule has 0 saturated carbocycles. The summed E-state index contributed by atoms with van der Waals surface area (Å²) < 4.78 is 0. The first kappa shape index (κ1) is 19.4. The van der Waals surface area contributed by atoms with Crippen LogP contribution in [-0.2, 0) is 0 Å². The molecule has 0 aliphatic carbocycles. The molecule has 5 nitrogen and oxygen atoms in total. The molecule has 0 unspecified atom stereocenters. The molecule has 0 aromatic heterocycles. The zero-order chi connectivity index (χ0) is 18.2. The van der Waals surface area contributed by atoms with Crippen molar-refractivity contribution in [2.24, 2.45) is 0 Å². The monoisotopic (exact) mass is 345 g/mol. The van der Waals surface area contributed by atoms with Crippen LogP contribution in [0.1, 0.15) is 54.3 Å². The van der Waals surface area contributed by atoms with Gasteiger partial charge >= 0.3 is 0 Å². The number of rotatable bonds is 7. The average molecular weight is 345 g/mol. The van der Waals surface area contributed by atoms with Crippen LogP contribution in [0.25, 0.3) is 0 Å². The number of amides is 2. The Kier molecular flexibility index (Phi) is 7.44. The molecule has 1 aliphatic heterocycles. The molecule has 1 aromatic rings. The molecular formula is C20H31N3O2. The molecule has 1 fully saturated rings. The lowest BCUT2D eigenvalue weighted by atomic mass is 10.1. The van der Waals surface area contributed by atoms with Crippen molar-refractivity contribution >= 4 is 11.8 Å². The minimum absolute atomic E-state index is 0.0224. The van der Waals surface area contributed by atoms with Gasteiger partial charge in [-0.3, -0.25) is 9.59 Å². The highest BCUT2D eigenvalue weighted by molar-refractivity contribution is 5.99. The standard InChI is InChI=1S/C20H31N3O2/c1-4-10-22(11-5-2)19(24)17-8-7-9-18(16-17)20(25)23-14-12-21(6-3)13-15-23/h7-9,16H,4-6,10-15H2,1-3H3. The fourth-order valence-corrected chi connectivity index (χ4v) is 3.27. The molecule has 0 atom stereocenters. The van der Waals surface area contributed by atoms with Crippen LogP contribution in [0.15, 0.2) is 24.3 Å². The summed E-state index contributed by atoms with van der Waals surface area (Å²) in [5, 5.41) is 0. The molecule has 0 N–H and O–H groups in total. The first-order chi connectivity index (χ1) is 12.1. The molecule has 0 bridgehead atoms. The molecule has 2 rings (SSSR count). The highest BCUT2D eigenvalue weighted by atomic mass is 16.2. The molecule has 138 valence electrons. The zero-order valence-electron chi connectivity index (χ0n) is 15.8. The Labute approximate surface area is 151 Å². The lowest BCUT2D eigenvalue weighted by Crippen LogP contribution is -2.48. The highest BCUT2D eigenvalue weighted by Gasteiger charge is 2.22. The fourth-order valence-electron chi connectivity index (χ4n) is 3.27. The first-order valence-electron chi connectivity index (χ1n) is 9.51. The second-order valence-corrected chi connectivity index (χ2v) is 6.60. The van der Waals surface area contributed by atoms with E-state index in [2.05, 4.69) is 25.7 Å². The summed E-state index contributed by atoms with van der Waals surface area (Å²) in [7, 11) is 0. The third kappa shape index (κ3) is 5.05. The molecule has 0 spiro atoms. The number of benzene rings is 1. The number of carbonyl (C=O) groups excluding carboxylic acids is 2. The molecule has 1 heterocycles. The molecule has 0 radical (unpaired) electrons. The Morgan fingerprint density at radius 3 is 2.12 bits per heavy atom. The number of hydrogen-bond acceptors (Lipinski definition) is 3. The largest absolute Gasteiger partial charge is 0.339 e. The van der Waals surface area contributed by atoms with E-state index in [-0.39, 0.29) is 11.8 Å². The lowest BCUT2D eigenvalue weighted by Gasteiger charge is -2.34. The van der Waals surface area contributed by atoms with E-state index in [9.17, 15) is 9.59 Å². The lowest BCUT2D eigenvalue weighted by molar-refractivity contribution is 0.0643. The van der Waals surface area contributed by atoms with Crippen molar-refractivity contribution in [3.8, 4) is 0 Å². The van der Waals surface area contributed by atoms with Gasteiger partial charge in [0.2, 0.25) is 0 Å². The maximum atomic E-state index is 12.8. The van der Waals surface area contributed by atoms with Gasteiger partial charge in [-0.05, 0) is 37.6 Å². The smallest absolute Gasteiger partial charge is 0.253 e. The zero-order valence-corrected chi connectivity index (χ0v) is 15.8. The summed E-state index contributed by atoms with van der Waals surface area (Å²) in [6, 6.07) is 7.20. The van der Waals surface area contributed by atoms with E-state index in [1.807, 2.05) is 28.0 Å². The van der Waals surface area contributed by atoms with Gasteiger partial charge in [-0.25, -0.2) is 0 Å². The summed E-state index contributed by atoms with van der Waals surface area (Å²) in [4.78, 5) is 31.6. The van der Waals surface area contributed by atoms with Crippen molar-refractivity contribution < 1.29 is 9.59 Å². The fraction of sp³-hybridized carbons (Fsp3) is 0.600. The van der Waals surface area contributed by atoms with Crippen LogP contribution in [0.5, 0.6) is 0 Å². The Balaban J connectivity index is 2.09. The van der Waals surface area contributed by atoms with Crippen molar-refractivity contribution in [1.29, 1.82) is 0 Å². The third-order valence-electron chi connectivity index (χ3n) is 4.74. The van der Waals surface area contributed by atoms with Crippen LogP contribution < -0.4 is 0 Å². The van der Waals surface area contributed by atoms with Crippen molar-refractivity contribution in [2.75, 3.05) is 45.8 Å². The number of carbonyl (C=O) groups is 2. The SMILES string of the molecule is CCCN(CCC)C(=O)c1cccc(C(=O)N2CCN(CC)CC2)c1. The van der Waals surface area contributed by atoms with Gasteiger partial charge in [0.25, 0.3) is 11.8 Å². The Bertz CT molecular complexity index is 574. The summed E-state index contributed by atoms with van der Waals surface area (Å²) >= 11 is 0.